The number of ether oxygens (including phenoxy) is 1. The Labute approximate surface area is 275 Å². The topological polar surface area (TPSA) is 124 Å². The second-order valence-corrected chi connectivity index (χ2v) is 15.2. The number of hydrogen-bond acceptors (Lipinski definition) is 9. The lowest BCUT2D eigenvalue weighted by molar-refractivity contribution is -0.110. The molecule has 1 aliphatic carbocycles. The number of fused-ring (bicyclic) bond motifs is 3. The zero-order valence-corrected chi connectivity index (χ0v) is 27.7. The molecule has 246 valence electrons. The maximum atomic E-state index is 12.4. The van der Waals surface area contributed by atoms with E-state index in [1.54, 1.807) is 12.1 Å². The van der Waals surface area contributed by atoms with Crippen molar-refractivity contribution in [3.63, 3.8) is 0 Å². The van der Waals surface area contributed by atoms with Gasteiger partial charge in [0.1, 0.15) is 11.4 Å². The Hall–Kier alpha value is -4.25. The maximum absolute atomic E-state index is 12.4. The molecule has 0 unspecified atom stereocenters. The average molecular weight is 637 g/mol. The highest BCUT2D eigenvalue weighted by Crippen LogP contribution is 2.51. The first-order chi connectivity index (χ1) is 22.6. The van der Waals surface area contributed by atoms with E-state index in [0.717, 1.165) is 69.0 Å². The highest BCUT2D eigenvalue weighted by molar-refractivity contribution is 5.86. The number of phenols is 1. The Morgan fingerprint density at radius 1 is 1.04 bits per heavy atom. The molecule has 3 aromatic heterocycles. The van der Waals surface area contributed by atoms with Crippen molar-refractivity contribution in [1.82, 2.24) is 34.9 Å². The number of carbonyl (C=O) groups excluding carboxylic acids is 1. The van der Waals surface area contributed by atoms with E-state index in [1.165, 1.54) is 29.7 Å². The van der Waals surface area contributed by atoms with Crippen molar-refractivity contribution in [2.75, 3.05) is 37.6 Å². The maximum Gasteiger partial charge on any atom is 0.410 e. The van der Waals surface area contributed by atoms with Crippen LogP contribution in [0.15, 0.2) is 42.7 Å². The predicted molar refractivity (Wildman–Crippen MR) is 179 cm³/mol. The number of aromatic amines is 1. The van der Waals surface area contributed by atoms with Crippen LogP contribution in [0.5, 0.6) is 5.75 Å². The van der Waals surface area contributed by atoms with Crippen LogP contribution in [0.3, 0.4) is 0 Å². The van der Waals surface area contributed by atoms with Crippen LogP contribution in [0.2, 0.25) is 0 Å². The van der Waals surface area contributed by atoms with E-state index < -0.39 is 5.60 Å². The summed E-state index contributed by atoms with van der Waals surface area (Å²) in [7, 11) is 0. The molecule has 4 aromatic rings. The van der Waals surface area contributed by atoms with Crippen LogP contribution in [0, 0.1) is 5.41 Å². The summed E-state index contributed by atoms with van der Waals surface area (Å²) < 4.78 is 5.55. The van der Waals surface area contributed by atoms with Gasteiger partial charge >= 0.3 is 6.09 Å². The Balaban J connectivity index is 0.879. The summed E-state index contributed by atoms with van der Waals surface area (Å²) in [6.45, 7) is 12.6. The molecule has 11 nitrogen and oxygen atoms in total. The Bertz CT molecular complexity index is 1790. The number of aromatic hydroxyl groups is 1. The lowest BCUT2D eigenvalue weighted by Crippen LogP contribution is -2.68. The van der Waals surface area contributed by atoms with Gasteiger partial charge in [-0.2, -0.15) is 0 Å². The van der Waals surface area contributed by atoms with Gasteiger partial charge in [0.25, 0.3) is 0 Å². The monoisotopic (exact) mass is 636 g/mol. The van der Waals surface area contributed by atoms with Crippen LogP contribution < -0.4 is 4.90 Å². The number of likely N-dealkylation sites (tertiary alicyclic amines) is 2. The largest absolute Gasteiger partial charge is 0.507 e. The van der Waals surface area contributed by atoms with Gasteiger partial charge in [0, 0.05) is 72.1 Å². The van der Waals surface area contributed by atoms with E-state index in [9.17, 15) is 9.90 Å². The van der Waals surface area contributed by atoms with Gasteiger partial charge < -0.3 is 29.5 Å². The van der Waals surface area contributed by atoms with Crippen molar-refractivity contribution in [2.45, 2.75) is 83.4 Å². The number of H-pyrrole nitrogens is 1. The van der Waals surface area contributed by atoms with Crippen molar-refractivity contribution >= 4 is 23.1 Å². The summed E-state index contributed by atoms with van der Waals surface area (Å²) in [6, 6.07) is 9.94. The fraction of sp³-hybridized carbons (Fsp3) is 0.528. The molecule has 1 atom stereocenters. The third-order valence-electron chi connectivity index (χ3n) is 10.8. The van der Waals surface area contributed by atoms with E-state index in [0.29, 0.717) is 28.6 Å². The number of phenolic OH excluding ortho intramolecular Hbond substituents is 1. The van der Waals surface area contributed by atoms with Gasteiger partial charge in [-0.25, -0.2) is 14.8 Å². The fourth-order valence-electron chi connectivity index (χ4n) is 8.38. The number of nitrogens with one attached hydrogen (secondary N) is 1. The van der Waals surface area contributed by atoms with Crippen molar-refractivity contribution in [2.24, 2.45) is 5.41 Å². The third-order valence-corrected chi connectivity index (χ3v) is 10.8. The Morgan fingerprint density at radius 3 is 2.47 bits per heavy atom. The predicted octanol–water partition coefficient (Wildman–Crippen LogP) is 5.82. The normalized spacial score (nSPS) is 21.8. The molecule has 3 fully saturated rings. The van der Waals surface area contributed by atoms with Crippen LogP contribution in [0.25, 0.3) is 22.3 Å². The number of para-hydroxylation sites is 1. The molecule has 4 aliphatic rings. The SMILES string of the molecule is C[C@H]1c2c([nH]c3nnc(-c4ccccc4O)cc23)CCN1c1ncc(C2CCN(C3CC4(C3)CN(C(=O)OC(C)(C)C)C4)CC2)cn1. The zero-order chi connectivity index (χ0) is 32.5. The minimum absolute atomic E-state index is 0.0562. The molecule has 1 spiro atoms. The summed E-state index contributed by atoms with van der Waals surface area (Å²) in [5.74, 6) is 1.42. The van der Waals surface area contributed by atoms with E-state index in [4.69, 9.17) is 14.7 Å². The van der Waals surface area contributed by atoms with E-state index >= 15 is 0 Å². The van der Waals surface area contributed by atoms with Crippen LogP contribution in [-0.2, 0) is 11.2 Å². The number of amides is 1. The van der Waals surface area contributed by atoms with Crippen LogP contribution in [0.4, 0.5) is 10.7 Å². The standard InChI is InChI=1S/C36H44N8O3/c1-22-31-27-15-29(26-7-5-6-8-30(26)45)40-41-32(27)39-28(31)11-14-44(22)33-37-18-24(19-38-33)23-9-12-42(13-10-23)25-16-36(17-25)20-43(21-36)34(46)47-35(2,3)4/h5-8,15,18-19,22-23,25,45H,9-14,16-17,20-21H2,1-4H3,(H,39,41)/t22-/m0/s1. The molecule has 3 aliphatic heterocycles. The van der Waals surface area contributed by atoms with Gasteiger partial charge in [0.05, 0.1) is 11.7 Å². The number of rotatable bonds is 4. The molecule has 6 heterocycles. The molecule has 2 saturated heterocycles. The molecular formula is C36H44N8O3. The molecule has 2 N–H and O–H groups in total. The Kier molecular flexibility index (Phi) is 7.16. The second-order valence-electron chi connectivity index (χ2n) is 15.2. The quantitative estimate of drug-likeness (QED) is 0.285. The lowest BCUT2D eigenvalue weighted by Gasteiger charge is -2.61. The second kappa shape index (κ2) is 11.2. The minimum Gasteiger partial charge on any atom is -0.507 e. The number of aromatic nitrogens is 5. The van der Waals surface area contributed by atoms with Gasteiger partial charge in [-0.1, -0.05) is 12.1 Å². The van der Waals surface area contributed by atoms with Crippen LogP contribution in [0.1, 0.15) is 82.2 Å². The lowest BCUT2D eigenvalue weighted by atomic mass is 9.60. The molecule has 0 bridgehead atoms. The smallest absolute Gasteiger partial charge is 0.410 e. The summed E-state index contributed by atoms with van der Waals surface area (Å²) in [4.78, 5) is 32.4. The van der Waals surface area contributed by atoms with Crippen molar-refractivity contribution < 1.29 is 14.6 Å². The summed E-state index contributed by atoms with van der Waals surface area (Å²) in [5.41, 5.74) is 5.54. The van der Waals surface area contributed by atoms with Gasteiger partial charge in [-0.3, -0.25) is 0 Å². The first-order valence-corrected chi connectivity index (χ1v) is 17.0. The summed E-state index contributed by atoms with van der Waals surface area (Å²) in [5, 5.41) is 20.3. The molecule has 1 saturated carbocycles. The van der Waals surface area contributed by atoms with Crippen LogP contribution in [-0.4, -0.2) is 90.5 Å². The molecular weight excluding hydrogens is 592 g/mol. The third kappa shape index (κ3) is 5.48. The van der Waals surface area contributed by atoms with E-state index in [1.807, 2.05) is 56.3 Å². The highest BCUT2D eigenvalue weighted by atomic mass is 16.6. The molecule has 11 heteroatoms. The van der Waals surface area contributed by atoms with Crippen LogP contribution >= 0.6 is 0 Å². The Morgan fingerprint density at radius 2 is 1.77 bits per heavy atom. The molecule has 47 heavy (non-hydrogen) atoms. The molecule has 1 amide bonds. The van der Waals surface area contributed by atoms with Crippen molar-refractivity contribution in [3.05, 3.63) is 59.5 Å². The van der Waals surface area contributed by atoms with Gasteiger partial charge in [-0.05, 0) is 96.1 Å². The number of anilines is 1. The average Bonchev–Trinajstić information content (AvgIpc) is 3.38. The highest BCUT2D eigenvalue weighted by Gasteiger charge is 2.55. The van der Waals surface area contributed by atoms with E-state index in [-0.39, 0.29) is 17.9 Å². The van der Waals surface area contributed by atoms with Crippen molar-refractivity contribution in [1.29, 1.82) is 0 Å². The van der Waals surface area contributed by atoms with Gasteiger partial charge in [0.15, 0.2) is 5.65 Å². The fourth-order valence-corrected chi connectivity index (χ4v) is 8.38. The number of nitrogens with zero attached hydrogens (tertiary/aromatic N) is 7. The molecule has 1 aromatic carbocycles. The summed E-state index contributed by atoms with van der Waals surface area (Å²) >= 11 is 0. The molecule has 0 radical (unpaired) electrons. The minimum atomic E-state index is -0.442. The number of carbonyl (C=O) groups is 1. The zero-order valence-electron chi connectivity index (χ0n) is 27.7. The summed E-state index contributed by atoms with van der Waals surface area (Å²) in [6.07, 6.45) is 9.36. The number of hydrogen-bond donors (Lipinski definition) is 2. The first-order valence-electron chi connectivity index (χ1n) is 17.0. The number of piperidine rings is 1. The van der Waals surface area contributed by atoms with E-state index in [2.05, 4.69) is 31.9 Å². The number of benzene rings is 1. The first kappa shape index (κ1) is 30.1. The van der Waals surface area contributed by atoms with Gasteiger partial charge in [-0.15, -0.1) is 10.2 Å². The molecule has 8 rings (SSSR count). The van der Waals surface area contributed by atoms with Gasteiger partial charge in [0.2, 0.25) is 5.95 Å². The van der Waals surface area contributed by atoms with Crippen molar-refractivity contribution in [3.8, 4) is 17.0 Å².